The summed E-state index contributed by atoms with van der Waals surface area (Å²) in [6, 6.07) is 20.5. The highest BCUT2D eigenvalue weighted by molar-refractivity contribution is 6.00. The first-order valence-corrected chi connectivity index (χ1v) is 18.6. The zero-order valence-electron chi connectivity index (χ0n) is 31.7. The Morgan fingerprint density at radius 3 is 1.31 bits per heavy atom. The summed E-state index contributed by atoms with van der Waals surface area (Å²) in [5.41, 5.74) is 0.940. The molecule has 4 N–H and O–H groups in total. The number of carbonyl (C=O) groups excluding carboxylic acids is 6. The summed E-state index contributed by atoms with van der Waals surface area (Å²) >= 11 is 0. The van der Waals surface area contributed by atoms with Gasteiger partial charge in [-0.2, -0.15) is 0 Å². The van der Waals surface area contributed by atoms with E-state index in [-0.39, 0.29) is 35.6 Å². The van der Waals surface area contributed by atoms with Gasteiger partial charge in [-0.1, -0.05) is 60.7 Å². The van der Waals surface area contributed by atoms with Crippen molar-refractivity contribution >= 4 is 47.2 Å². The van der Waals surface area contributed by atoms with Crippen LogP contribution in [0.25, 0.3) is 11.1 Å². The van der Waals surface area contributed by atoms with E-state index in [0.717, 1.165) is 12.1 Å². The van der Waals surface area contributed by atoms with Crippen molar-refractivity contribution in [2.24, 2.45) is 0 Å². The lowest BCUT2D eigenvalue weighted by atomic mass is 10.0. The number of nitrogens with zero attached hydrogens (tertiary/aromatic N) is 2. The molecule has 4 atom stereocenters. The normalized spacial score (nSPS) is 17.1. The third-order valence-corrected chi connectivity index (χ3v) is 10.1. The number of anilines is 2. The zero-order valence-corrected chi connectivity index (χ0v) is 31.7. The van der Waals surface area contributed by atoms with Crippen LogP contribution in [0.5, 0.6) is 0 Å². The summed E-state index contributed by atoms with van der Waals surface area (Å²) in [5, 5.41) is 10.4. The molecule has 58 heavy (non-hydrogen) atoms. The van der Waals surface area contributed by atoms with Crippen molar-refractivity contribution in [3.05, 3.63) is 120 Å². The second kappa shape index (κ2) is 18.4. The van der Waals surface area contributed by atoms with Crippen LogP contribution in [-0.2, 0) is 28.7 Å². The molecule has 14 nitrogen and oxygen atoms in total. The Morgan fingerprint density at radius 2 is 0.966 bits per heavy atom. The van der Waals surface area contributed by atoms with E-state index in [4.69, 9.17) is 9.47 Å². The minimum Gasteiger partial charge on any atom is -0.453 e. The van der Waals surface area contributed by atoms with Crippen LogP contribution in [-0.4, -0.2) is 85.0 Å². The lowest BCUT2D eigenvalue weighted by molar-refractivity contribution is -0.138. The molecule has 0 spiro atoms. The van der Waals surface area contributed by atoms with E-state index < -0.39 is 71.6 Å². The van der Waals surface area contributed by atoms with E-state index in [9.17, 15) is 28.8 Å². The summed E-state index contributed by atoms with van der Waals surface area (Å²) in [4.78, 5) is 81.2. The van der Waals surface area contributed by atoms with E-state index in [2.05, 4.69) is 21.3 Å². The number of rotatable bonds is 11. The largest absolute Gasteiger partial charge is 0.453 e. The molecule has 2 saturated heterocycles. The second-order valence-corrected chi connectivity index (χ2v) is 13.7. The molecule has 6 rings (SSSR count). The molecule has 2 aliphatic rings. The fraction of sp³-hybridized carbons (Fsp3) is 0.286. The van der Waals surface area contributed by atoms with Crippen LogP contribution in [0.15, 0.2) is 97.1 Å². The molecule has 4 aromatic rings. The Morgan fingerprint density at radius 1 is 0.586 bits per heavy atom. The zero-order chi connectivity index (χ0) is 41.3. The van der Waals surface area contributed by atoms with Gasteiger partial charge >= 0.3 is 12.2 Å². The number of halogens is 2. The number of hydrogen-bond donors (Lipinski definition) is 4. The van der Waals surface area contributed by atoms with Gasteiger partial charge in [0.25, 0.3) is 11.8 Å². The quantitative estimate of drug-likeness (QED) is 0.150. The standard InChI is InChI=1S/C42H42F2N6O8/c1-57-41(55)47-35(25-11-5-3-6-12-25)39(53)49-21-9-15-33(49)37(51)45-27-17-19-29(31(43)23-27)30-20-18-28(24-32(30)44)46-38(52)34-16-10-22-50(34)40(54)36(48-42(56)58-2)26-13-7-4-8-14-26/h3-8,11-14,17-20,23-24,33-36H,9-10,15-16,21-22H2,1-2H3,(H,45,51)(H,46,52)(H,47,55)(H,48,56)/t33-,34-,35+,36+/m0/s1. The molecule has 2 heterocycles. The van der Waals surface area contributed by atoms with Crippen LogP contribution in [0, 0.1) is 11.6 Å². The molecular formula is C42H42F2N6O8. The molecule has 302 valence electrons. The number of methoxy groups -OCH3 is 2. The van der Waals surface area contributed by atoms with Crippen molar-refractivity contribution in [3.8, 4) is 11.1 Å². The van der Waals surface area contributed by atoms with Crippen molar-refractivity contribution in [1.82, 2.24) is 20.4 Å². The maximum atomic E-state index is 15.5. The Labute approximate surface area is 332 Å². The van der Waals surface area contributed by atoms with Gasteiger partial charge in [0.05, 0.1) is 14.2 Å². The van der Waals surface area contributed by atoms with Crippen LogP contribution in [0.2, 0.25) is 0 Å². The van der Waals surface area contributed by atoms with Gasteiger partial charge < -0.3 is 40.5 Å². The van der Waals surface area contributed by atoms with E-state index >= 15 is 8.78 Å². The number of benzene rings is 4. The average molecular weight is 797 g/mol. The molecule has 0 aliphatic carbocycles. The topological polar surface area (TPSA) is 175 Å². The van der Waals surface area contributed by atoms with Crippen LogP contribution >= 0.6 is 0 Å². The van der Waals surface area contributed by atoms with Gasteiger partial charge in [-0.3, -0.25) is 19.2 Å². The summed E-state index contributed by atoms with van der Waals surface area (Å²) in [5.74, 6) is -3.83. The van der Waals surface area contributed by atoms with Crippen molar-refractivity contribution in [1.29, 1.82) is 0 Å². The van der Waals surface area contributed by atoms with Gasteiger partial charge in [-0.15, -0.1) is 0 Å². The van der Waals surface area contributed by atoms with Gasteiger partial charge in [0.2, 0.25) is 11.8 Å². The van der Waals surface area contributed by atoms with Gasteiger partial charge in [0, 0.05) is 35.6 Å². The van der Waals surface area contributed by atoms with Gasteiger partial charge in [0.15, 0.2) is 0 Å². The monoisotopic (exact) mass is 796 g/mol. The highest BCUT2D eigenvalue weighted by Crippen LogP contribution is 2.31. The van der Waals surface area contributed by atoms with Crippen LogP contribution in [0.3, 0.4) is 0 Å². The van der Waals surface area contributed by atoms with E-state index in [1.54, 1.807) is 60.7 Å². The smallest absolute Gasteiger partial charge is 0.407 e. The molecule has 16 heteroatoms. The number of hydrogen-bond acceptors (Lipinski definition) is 8. The third kappa shape index (κ3) is 9.23. The predicted molar refractivity (Wildman–Crippen MR) is 208 cm³/mol. The fourth-order valence-corrected chi connectivity index (χ4v) is 7.23. The molecule has 6 amide bonds. The van der Waals surface area contributed by atoms with Crippen molar-refractivity contribution in [2.45, 2.75) is 49.9 Å². The Balaban J connectivity index is 1.11. The first-order chi connectivity index (χ1) is 28.0. The number of likely N-dealkylation sites (tertiary alicyclic amines) is 2. The molecule has 0 bridgehead atoms. The molecule has 0 aromatic heterocycles. The molecule has 0 unspecified atom stereocenters. The molecular weight excluding hydrogens is 754 g/mol. The van der Waals surface area contributed by atoms with Gasteiger partial charge in [0.1, 0.15) is 35.8 Å². The Bertz CT molecular complexity index is 2020. The lowest BCUT2D eigenvalue weighted by Gasteiger charge is -2.28. The number of ether oxygens (including phenoxy) is 2. The van der Waals surface area contributed by atoms with Gasteiger partial charge in [-0.25, -0.2) is 18.4 Å². The summed E-state index contributed by atoms with van der Waals surface area (Å²) in [6.45, 7) is 0.513. The summed E-state index contributed by atoms with van der Waals surface area (Å²) in [6.07, 6.45) is 0.0781. The van der Waals surface area contributed by atoms with Crippen LogP contribution in [0.4, 0.5) is 29.7 Å². The SMILES string of the molecule is COC(=O)N[C@@H](C(=O)N1CCC[C@H]1C(=O)Nc1ccc(-c2ccc(NC(=O)[C@@H]3CCCN3C(=O)[C@H](NC(=O)OC)c3ccccc3)cc2F)c(F)c1)c1ccccc1. The van der Waals surface area contributed by atoms with Gasteiger partial charge in [-0.05, 0) is 73.2 Å². The predicted octanol–water partition coefficient (Wildman–Crippen LogP) is 5.69. The minimum atomic E-state index is -1.11. The van der Waals surface area contributed by atoms with E-state index in [0.29, 0.717) is 36.8 Å². The highest BCUT2D eigenvalue weighted by Gasteiger charge is 2.40. The highest BCUT2D eigenvalue weighted by atomic mass is 19.1. The summed E-state index contributed by atoms with van der Waals surface area (Å²) in [7, 11) is 2.35. The van der Waals surface area contributed by atoms with E-state index in [1.807, 2.05) is 0 Å². The van der Waals surface area contributed by atoms with Crippen molar-refractivity contribution in [3.63, 3.8) is 0 Å². The number of nitrogens with one attached hydrogen (secondary N) is 4. The number of alkyl carbamates (subject to hydrolysis) is 2. The number of carbonyl (C=O) groups is 6. The van der Waals surface area contributed by atoms with Crippen molar-refractivity contribution in [2.75, 3.05) is 37.9 Å². The fourth-order valence-electron chi connectivity index (χ4n) is 7.23. The first-order valence-electron chi connectivity index (χ1n) is 18.6. The summed E-state index contributed by atoms with van der Waals surface area (Å²) < 4.78 is 40.5. The maximum Gasteiger partial charge on any atom is 0.407 e. The number of amides is 6. The second-order valence-electron chi connectivity index (χ2n) is 13.7. The van der Waals surface area contributed by atoms with Crippen LogP contribution in [0.1, 0.15) is 48.9 Å². The Kier molecular flexibility index (Phi) is 12.9. The molecule has 2 fully saturated rings. The molecule has 0 saturated carbocycles. The van der Waals surface area contributed by atoms with Crippen molar-refractivity contribution < 1.29 is 47.0 Å². The lowest BCUT2D eigenvalue weighted by Crippen LogP contribution is -2.48. The Hall–Kier alpha value is -6.84. The molecule has 4 aromatic carbocycles. The molecule has 2 aliphatic heterocycles. The maximum absolute atomic E-state index is 15.5. The van der Waals surface area contributed by atoms with Crippen LogP contribution < -0.4 is 21.3 Å². The third-order valence-electron chi connectivity index (χ3n) is 10.1. The van der Waals surface area contributed by atoms with E-state index in [1.165, 1.54) is 48.3 Å². The molecule has 0 radical (unpaired) electrons. The average Bonchev–Trinajstić information content (AvgIpc) is 3.94. The first kappa shape index (κ1) is 40.8. The minimum absolute atomic E-state index is 0.0779.